The molecule has 0 radical (unpaired) electrons. The second kappa shape index (κ2) is 7.91. The van der Waals surface area contributed by atoms with Crippen LogP contribution in [0, 0.1) is 20.8 Å². The number of aromatic nitrogens is 1. The average Bonchev–Trinajstić information content (AvgIpc) is 2.66. The Morgan fingerprint density at radius 3 is 2.37 bits per heavy atom. The van der Waals surface area contributed by atoms with Gasteiger partial charge in [0.05, 0.1) is 19.0 Å². The van der Waals surface area contributed by atoms with Gasteiger partial charge in [0, 0.05) is 11.3 Å². The van der Waals surface area contributed by atoms with E-state index in [1.54, 1.807) is 37.6 Å². The van der Waals surface area contributed by atoms with E-state index >= 15 is 0 Å². The van der Waals surface area contributed by atoms with Crippen LogP contribution in [0.5, 0.6) is 5.75 Å². The number of rotatable bonds is 5. The maximum absolute atomic E-state index is 12.4. The van der Waals surface area contributed by atoms with Crippen molar-refractivity contribution in [3.63, 3.8) is 0 Å². The quantitative estimate of drug-likeness (QED) is 0.670. The zero-order valence-electron chi connectivity index (χ0n) is 16.0. The van der Waals surface area contributed by atoms with Gasteiger partial charge in [0.1, 0.15) is 11.6 Å². The minimum Gasteiger partial charge on any atom is -0.497 e. The maximum atomic E-state index is 12.4. The Morgan fingerprint density at radius 2 is 1.74 bits per heavy atom. The summed E-state index contributed by atoms with van der Waals surface area (Å²) in [6.07, 6.45) is 1.64. The lowest BCUT2D eigenvalue weighted by atomic mass is 10.1. The number of amides is 1. The van der Waals surface area contributed by atoms with Crippen molar-refractivity contribution in [2.24, 2.45) is 0 Å². The molecule has 1 aromatic heterocycles. The molecule has 1 heterocycles. The van der Waals surface area contributed by atoms with Crippen LogP contribution < -0.4 is 15.4 Å². The molecular weight excluding hydrogens is 338 g/mol. The largest absolute Gasteiger partial charge is 0.497 e. The van der Waals surface area contributed by atoms with E-state index in [1.807, 2.05) is 12.1 Å². The molecule has 3 rings (SSSR count). The fourth-order valence-corrected chi connectivity index (χ4v) is 3.01. The second-order valence-electron chi connectivity index (χ2n) is 6.52. The Hall–Kier alpha value is -3.34. The van der Waals surface area contributed by atoms with Crippen molar-refractivity contribution in [2.45, 2.75) is 20.8 Å². The predicted molar refractivity (Wildman–Crippen MR) is 109 cm³/mol. The van der Waals surface area contributed by atoms with Gasteiger partial charge in [0.15, 0.2) is 0 Å². The molecule has 0 atom stereocenters. The molecule has 0 bridgehead atoms. The molecule has 1 amide bonds. The lowest BCUT2D eigenvalue weighted by Gasteiger charge is -2.13. The lowest BCUT2D eigenvalue weighted by Crippen LogP contribution is -2.12. The Kier molecular flexibility index (Phi) is 5.41. The molecule has 5 heteroatoms. The minimum absolute atomic E-state index is 0.207. The smallest absolute Gasteiger partial charge is 0.255 e. The van der Waals surface area contributed by atoms with Gasteiger partial charge in [0.2, 0.25) is 0 Å². The first-order valence-corrected chi connectivity index (χ1v) is 8.72. The summed E-state index contributed by atoms with van der Waals surface area (Å²) in [5.74, 6) is 1.16. The number of methoxy groups -OCH3 is 1. The fraction of sp³-hybridized carbons (Fsp3) is 0.182. The second-order valence-corrected chi connectivity index (χ2v) is 6.52. The Labute approximate surface area is 159 Å². The highest BCUT2D eigenvalue weighted by atomic mass is 16.5. The Bertz CT molecular complexity index is 943. The molecule has 3 aromatic rings. The highest BCUT2D eigenvalue weighted by Crippen LogP contribution is 2.25. The number of carbonyl (C=O) groups is 1. The molecule has 0 fully saturated rings. The summed E-state index contributed by atoms with van der Waals surface area (Å²) in [7, 11) is 1.57. The van der Waals surface area contributed by atoms with Crippen molar-refractivity contribution >= 4 is 23.1 Å². The molecule has 0 saturated heterocycles. The van der Waals surface area contributed by atoms with Crippen molar-refractivity contribution in [1.29, 1.82) is 0 Å². The van der Waals surface area contributed by atoms with Crippen molar-refractivity contribution in [3.8, 4) is 5.75 Å². The number of hydrogen-bond donors (Lipinski definition) is 2. The third-order valence-corrected chi connectivity index (χ3v) is 4.28. The van der Waals surface area contributed by atoms with Crippen LogP contribution in [0.1, 0.15) is 27.0 Å². The van der Waals surface area contributed by atoms with Gasteiger partial charge in [-0.25, -0.2) is 4.98 Å². The van der Waals surface area contributed by atoms with E-state index in [9.17, 15) is 4.79 Å². The summed E-state index contributed by atoms with van der Waals surface area (Å²) in [5.41, 5.74) is 5.79. The average molecular weight is 361 g/mol. The standard InChI is InChI=1S/C22H23N3O2/c1-14-10-15(2)21(16(3)11-14)25-20-9-8-18(13-23-20)24-22(26)17-6-5-7-19(12-17)27-4/h5-13H,1-4H3,(H,23,25)(H,24,26). The van der Waals surface area contributed by atoms with E-state index in [0.717, 1.165) is 11.5 Å². The number of benzene rings is 2. The number of hydrogen-bond acceptors (Lipinski definition) is 4. The molecule has 0 saturated carbocycles. The van der Waals surface area contributed by atoms with E-state index in [0.29, 0.717) is 17.0 Å². The normalized spacial score (nSPS) is 10.4. The minimum atomic E-state index is -0.207. The molecule has 0 aliphatic rings. The van der Waals surface area contributed by atoms with Gasteiger partial charge in [-0.2, -0.15) is 0 Å². The summed E-state index contributed by atoms with van der Waals surface area (Å²) < 4.78 is 5.15. The van der Waals surface area contributed by atoms with E-state index in [1.165, 1.54) is 16.7 Å². The molecule has 0 unspecified atom stereocenters. The number of nitrogens with one attached hydrogen (secondary N) is 2. The van der Waals surface area contributed by atoms with Crippen LogP contribution >= 0.6 is 0 Å². The van der Waals surface area contributed by atoms with Gasteiger partial charge in [-0.3, -0.25) is 4.79 Å². The molecule has 5 nitrogen and oxygen atoms in total. The van der Waals surface area contributed by atoms with Crippen LogP contribution in [0.3, 0.4) is 0 Å². The van der Waals surface area contributed by atoms with Gasteiger partial charge < -0.3 is 15.4 Å². The summed E-state index contributed by atoms with van der Waals surface area (Å²) in [5, 5.41) is 6.20. The summed E-state index contributed by atoms with van der Waals surface area (Å²) in [6, 6.07) is 15.0. The van der Waals surface area contributed by atoms with Crippen molar-refractivity contribution in [2.75, 3.05) is 17.7 Å². The molecule has 138 valence electrons. The summed E-state index contributed by atoms with van der Waals surface area (Å²) in [4.78, 5) is 16.8. The fourth-order valence-electron chi connectivity index (χ4n) is 3.01. The van der Waals surface area contributed by atoms with Gasteiger partial charge in [0.25, 0.3) is 5.91 Å². The summed E-state index contributed by atoms with van der Waals surface area (Å²) >= 11 is 0. The van der Waals surface area contributed by atoms with Crippen LogP contribution in [0.15, 0.2) is 54.7 Å². The molecular formula is C22H23N3O2. The van der Waals surface area contributed by atoms with Crippen molar-refractivity contribution in [3.05, 3.63) is 77.0 Å². The van der Waals surface area contributed by atoms with Crippen molar-refractivity contribution < 1.29 is 9.53 Å². The third kappa shape index (κ3) is 4.44. The number of nitrogens with zero attached hydrogens (tertiary/aromatic N) is 1. The van der Waals surface area contributed by atoms with E-state index < -0.39 is 0 Å². The molecule has 0 aliphatic heterocycles. The predicted octanol–water partition coefficient (Wildman–Crippen LogP) is 5.01. The van der Waals surface area contributed by atoms with Crippen LogP contribution in [-0.2, 0) is 0 Å². The van der Waals surface area contributed by atoms with Gasteiger partial charge in [-0.05, 0) is 62.2 Å². The first kappa shape index (κ1) is 18.5. The zero-order valence-corrected chi connectivity index (χ0v) is 16.0. The first-order chi connectivity index (χ1) is 13.0. The van der Waals surface area contributed by atoms with Gasteiger partial charge >= 0.3 is 0 Å². The third-order valence-electron chi connectivity index (χ3n) is 4.28. The monoisotopic (exact) mass is 361 g/mol. The highest BCUT2D eigenvalue weighted by Gasteiger charge is 2.09. The first-order valence-electron chi connectivity index (χ1n) is 8.72. The molecule has 0 aliphatic carbocycles. The van der Waals surface area contributed by atoms with Crippen molar-refractivity contribution in [1.82, 2.24) is 4.98 Å². The molecule has 27 heavy (non-hydrogen) atoms. The number of carbonyl (C=O) groups excluding carboxylic acids is 1. The lowest BCUT2D eigenvalue weighted by molar-refractivity contribution is 0.102. The number of pyridine rings is 1. The van der Waals surface area contributed by atoms with Crippen LogP contribution in [0.4, 0.5) is 17.2 Å². The van der Waals surface area contributed by atoms with Gasteiger partial charge in [-0.1, -0.05) is 23.8 Å². The SMILES string of the molecule is COc1cccc(C(=O)Nc2ccc(Nc3c(C)cc(C)cc3C)nc2)c1. The van der Waals surface area contributed by atoms with E-state index in [2.05, 4.69) is 48.5 Å². The van der Waals surface area contributed by atoms with Crippen LogP contribution in [0.25, 0.3) is 0 Å². The van der Waals surface area contributed by atoms with Gasteiger partial charge in [-0.15, -0.1) is 0 Å². The number of anilines is 3. The summed E-state index contributed by atoms with van der Waals surface area (Å²) in [6.45, 7) is 6.23. The number of aryl methyl sites for hydroxylation is 3. The Balaban J connectivity index is 1.71. The van der Waals surface area contributed by atoms with E-state index in [-0.39, 0.29) is 5.91 Å². The molecule has 0 spiro atoms. The highest BCUT2D eigenvalue weighted by molar-refractivity contribution is 6.04. The Morgan fingerprint density at radius 1 is 1.00 bits per heavy atom. The molecule has 2 aromatic carbocycles. The molecule has 2 N–H and O–H groups in total. The van der Waals surface area contributed by atoms with Crippen LogP contribution in [-0.4, -0.2) is 18.0 Å². The maximum Gasteiger partial charge on any atom is 0.255 e. The topological polar surface area (TPSA) is 63.2 Å². The van der Waals surface area contributed by atoms with Crippen LogP contribution in [0.2, 0.25) is 0 Å². The van der Waals surface area contributed by atoms with E-state index in [4.69, 9.17) is 4.74 Å². The zero-order chi connectivity index (χ0) is 19.4. The number of ether oxygens (including phenoxy) is 1.